The molecule has 21 heavy (non-hydrogen) atoms. The van der Waals surface area contributed by atoms with E-state index in [1.165, 1.54) is 36.4 Å². The lowest BCUT2D eigenvalue weighted by molar-refractivity contribution is -0.386. The molecule has 0 aromatic heterocycles. The summed E-state index contributed by atoms with van der Waals surface area (Å²) in [6.45, 7) is 0. The molecule has 0 spiro atoms. The Morgan fingerprint density at radius 2 is 1.81 bits per heavy atom. The third-order valence-corrected chi connectivity index (χ3v) is 2.94. The van der Waals surface area contributed by atoms with Gasteiger partial charge in [-0.05, 0) is 17.7 Å². The lowest BCUT2D eigenvalue weighted by Crippen LogP contribution is -1.95. The fourth-order valence-electron chi connectivity index (χ4n) is 1.66. The minimum absolute atomic E-state index is 0.00522. The molecule has 0 saturated carbocycles. The smallest absolute Gasteiger partial charge is 0.311 e. The highest BCUT2D eigenvalue weighted by atomic mass is 35.5. The van der Waals surface area contributed by atoms with Crippen LogP contribution < -0.4 is 4.74 Å². The highest BCUT2D eigenvalue weighted by Gasteiger charge is 2.17. The van der Waals surface area contributed by atoms with Gasteiger partial charge in [-0.1, -0.05) is 12.1 Å². The summed E-state index contributed by atoms with van der Waals surface area (Å²) in [4.78, 5) is 20.6. The summed E-state index contributed by atoms with van der Waals surface area (Å²) in [5, 5.41) is 21.7. The zero-order valence-electron chi connectivity index (χ0n) is 10.6. The van der Waals surface area contributed by atoms with Crippen LogP contribution in [-0.4, -0.2) is 9.85 Å². The Bertz CT molecular complexity index is 705. The second kappa shape index (κ2) is 6.19. The number of nitro groups is 2. The zero-order valence-corrected chi connectivity index (χ0v) is 11.3. The Hall–Kier alpha value is -2.67. The average molecular weight is 309 g/mol. The van der Waals surface area contributed by atoms with Gasteiger partial charge >= 0.3 is 5.69 Å². The summed E-state index contributed by atoms with van der Waals surface area (Å²) in [5.74, 6) is 0.276. The maximum absolute atomic E-state index is 11.0. The van der Waals surface area contributed by atoms with Crippen LogP contribution in [0.2, 0.25) is 0 Å². The minimum atomic E-state index is -0.595. The molecule has 0 aliphatic rings. The first-order valence-electron chi connectivity index (χ1n) is 5.77. The van der Waals surface area contributed by atoms with E-state index in [0.717, 1.165) is 0 Å². The SMILES string of the molecule is O=[N+]([O-])c1cccc(Oc2ccc(CCl)cc2[N+](=O)[O-])c1. The Labute approximate surface area is 124 Å². The summed E-state index contributed by atoms with van der Waals surface area (Å²) in [7, 11) is 0. The van der Waals surface area contributed by atoms with E-state index in [1.54, 1.807) is 6.07 Å². The number of hydrogen-bond donors (Lipinski definition) is 0. The monoisotopic (exact) mass is 308 g/mol. The molecular formula is C13H9ClN2O5. The fourth-order valence-corrected chi connectivity index (χ4v) is 1.83. The Balaban J connectivity index is 2.37. The molecule has 7 nitrogen and oxygen atoms in total. The van der Waals surface area contributed by atoms with Crippen LogP contribution in [0.3, 0.4) is 0 Å². The van der Waals surface area contributed by atoms with Gasteiger partial charge in [-0.15, -0.1) is 11.6 Å². The topological polar surface area (TPSA) is 95.5 Å². The number of rotatable bonds is 5. The number of alkyl halides is 1. The summed E-state index contributed by atoms with van der Waals surface area (Å²) < 4.78 is 5.37. The van der Waals surface area contributed by atoms with Gasteiger partial charge in [0.05, 0.1) is 15.9 Å². The molecule has 0 unspecified atom stereocenters. The maximum Gasteiger partial charge on any atom is 0.311 e. The largest absolute Gasteiger partial charge is 0.450 e. The lowest BCUT2D eigenvalue weighted by atomic mass is 10.2. The van der Waals surface area contributed by atoms with Crippen molar-refractivity contribution in [2.75, 3.05) is 0 Å². The molecule has 8 heteroatoms. The summed E-state index contributed by atoms with van der Waals surface area (Å²) in [6.07, 6.45) is 0. The first-order valence-corrected chi connectivity index (χ1v) is 6.30. The van der Waals surface area contributed by atoms with Crippen molar-refractivity contribution in [3.63, 3.8) is 0 Å². The van der Waals surface area contributed by atoms with Gasteiger partial charge in [0.1, 0.15) is 5.75 Å². The molecule has 0 saturated heterocycles. The van der Waals surface area contributed by atoms with Gasteiger partial charge in [0.15, 0.2) is 0 Å². The standard InChI is InChI=1S/C13H9ClN2O5/c14-8-9-4-5-13(12(6-9)16(19)20)21-11-3-1-2-10(7-11)15(17)18/h1-7H,8H2. The van der Waals surface area contributed by atoms with E-state index in [0.29, 0.717) is 5.56 Å². The van der Waals surface area contributed by atoms with Gasteiger partial charge in [-0.3, -0.25) is 20.2 Å². The molecule has 2 aromatic carbocycles. The number of ether oxygens (including phenoxy) is 1. The molecular weight excluding hydrogens is 300 g/mol. The Morgan fingerprint density at radius 1 is 1.05 bits per heavy atom. The molecule has 0 aliphatic carbocycles. The molecule has 0 heterocycles. The third-order valence-electron chi connectivity index (χ3n) is 2.63. The zero-order chi connectivity index (χ0) is 15.4. The fraction of sp³-hybridized carbons (Fsp3) is 0.0769. The number of hydrogen-bond acceptors (Lipinski definition) is 5. The van der Waals surface area contributed by atoms with Crippen LogP contribution >= 0.6 is 11.6 Å². The lowest BCUT2D eigenvalue weighted by Gasteiger charge is -2.07. The van der Waals surface area contributed by atoms with E-state index in [4.69, 9.17) is 16.3 Å². The van der Waals surface area contributed by atoms with Gasteiger partial charge in [0.25, 0.3) is 5.69 Å². The normalized spacial score (nSPS) is 10.1. The van der Waals surface area contributed by atoms with E-state index in [-0.39, 0.29) is 28.8 Å². The minimum Gasteiger partial charge on any atom is -0.450 e. The van der Waals surface area contributed by atoms with Crippen molar-refractivity contribution >= 4 is 23.0 Å². The first-order chi connectivity index (χ1) is 10.0. The van der Waals surface area contributed by atoms with Crippen molar-refractivity contribution < 1.29 is 14.6 Å². The molecule has 0 fully saturated rings. The van der Waals surface area contributed by atoms with Crippen LogP contribution in [0.5, 0.6) is 11.5 Å². The molecule has 0 atom stereocenters. The van der Waals surface area contributed by atoms with Gasteiger partial charge in [-0.25, -0.2) is 0 Å². The highest BCUT2D eigenvalue weighted by Crippen LogP contribution is 2.33. The summed E-state index contributed by atoms with van der Waals surface area (Å²) >= 11 is 5.63. The molecule has 2 rings (SSSR count). The predicted octanol–water partition coefficient (Wildman–Crippen LogP) is 4.03. The maximum atomic E-state index is 11.0. The molecule has 0 amide bonds. The van der Waals surface area contributed by atoms with Crippen LogP contribution in [0.1, 0.15) is 5.56 Å². The highest BCUT2D eigenvalue weighted by molar-refractivity contribution is 6.17. The van der Waals surface area contributed by atoms with Crippen LogP contribution in [0, 0.1) is 20.2 Å². The summed E-state index contributed by atoms with van der Waals surface area (Å²) in [6, 6.07) is 9.72. The van der Waals surface area contributed by atoms with Crippen molar-refractivity contribution in [3.8, 4) is 11.5 Å². The molecule has 0 radical (unpaired) electrons. The Kier molecular flexibility index (Phi) is 4.34. The second-order valence-electron chi connectivity index (χ2n) is 4.05. The van der Waals surface area contributed by atoms with Crippen LogP contribution in [0.15, 0.2) is 42.5 Å². The number of non-ortho nitro benzene ring substituents is 1. The predicted molar refractivity (Wildman–Crippen MR) is 75.8 cm³/mol. The van der Waals surface area contributed by atoms with E-state index < -0.39 is 9.85 Å². The summed E-state index contributed by atoms with van der Waals surface area (Å²) in [5.41, 5.74) is 0.168. The Morgan fingerprint density at radius 3 is 2.43 bits per heavy atom. The van der Waals surface area contributed by atoms with E-state index in [2.05, 4.69) is 0 Å². The van der Waals surface area contributed by atoms with Crippen LogP contribution in [0.4, 0.5) is 11.4 Å². The van der Waals surface area contributed by atoms with Crippen LogP contribution in [0.25, 0.3) is 0 Å². The molecule has 0 bridgehead atoms. The molecule has 0 aliphatic heterocycles. The molecule has 2 aromatic rings. The van der Waals surface area contributed by atoms with E-state index in [9.17, 15) is 20.2 Å². The first kappa shape index (κ1) is 14.7. The average Bonchev–Trinajstić information content (AvgIpc) is 2.47. The van der Waals surface area contributed by atoms with Crippen molar-refractivity contribution in [2.45, 2.75) is 5.88 Å². The number of halogens is 1. The number of nitro benzene ring substituents is 2. The van der Waals surface area contributed by atoms with E-state index in [1.807, 2.05) is 0 Å². The number of nitrogens with zero attached hydrogens (tertiary/aromatic N) is 2. The molecule has 108 valence electrons. The molecule has 0 N–H and O–H groups in total. The number of benzene rings is 2. The van der Waals surface area contributed by atoms with Crippen molar-refractivity contribution in [1.82, 2.24) is 0 Å². The van der Waals surface area contributed by atoms with Gasteiger partial charge in [0, 0.05) is 18.0 Å². The second-order valence-corrected chi connectivity index (χ2v) is 4.32. The third kappa shape index (κ3) is 3.46. The van der Waals surface area contributed by atoms with Crippen molar-refractivity contribution in [3.05, 3.63) is 68.3 Å². The van der Waals surface area contributed by atoms with Crippen molar-refractivity contribution in [2.24, 2.45) is 0 Å². The van der Waals surface area contributed by atoms with Gasteiger partial charge in [0.2, 0.25) is 5.75 Å². The van der Waals surface area contributed by atoms with E-state index >= 15 is 0 Å². The van der Waals surface area contributed by atoms with Gasteiger partial charge in [-0.2, -0.15) is 0 Å². The quantitative estimate of drug-likeness (QED) is 0.472. The van der Waals surface area contributed by atoms with Gasteiger partial charge < -0.3 is 4.74 Å². The van der Waals surface area contributed by atoms with Crippen molar-refractivity contribution in [1.29, 1.82) is 0 Å². The van der Waals surface area contributed by atoms with Crippen LogP contribution in [-0.2, 0) is 5.88 Å².